The zero-order valence-electron chi connectivity index (χ0n) is 20.7. The molecule has 36 heavy (non-hydrogen) atoms. The van der Waals surface area contributed by atoms with E-state index in [1.807, 2.05) is 6.07 Å². The fourth-order valence-corrected chi connectivity index (χ4v) is 5.70. The molecule has 0 unspecified atom stereocenters. The number of amides is 1. The van der Waals surface area contributed by atoms with Crippen molar-refractivity contribution in [2.24, 2.45) is 5.73 Å². The number of hydrogen-bond acceptors (Lipinski definition) is 3. The zero-order valence-corrected chi connectivity index (χ0v) is 20.7. The molecular weight excluding hydrogens is 442 g/mol. The second-order valence-corrected chi connectivity index (χ2v) is 10.1. The van der Waals surface area contributed by atoms with Crippen LogP contribution < -0.4 is 10.6 Å². The molecule has 0 bridgehead atoms. The van der Waals surface area contributed by atoms with Crippen molar-refractivity contribution in [2.75, 3.05) is 31.1 Å². The summed E-state index contributed by atoms with van der Waals surface area (Å²) < 4.78 is 0. The summed E-state index contributed by atoms with van der Waals surface area (Å²) in [6.45, 7) is 7.23. The highest BCUT2D eigenvalue weighted by atomic mass is 16.1. The number of carbonyl (C=O) groups excluding carboxylic acids is 1. The number of rotatable bonds is 5. The second kappa shape index (κ2) is 9.29. The first kappa shape index (κ1) is 22.6. The van der Waals surface area contributed by atoms with Crippen LogP contribution in [0, 0.1) is 6.92 Å². The number of hydrogen-bond donors (Lipinski definition) is 1. The van der Waals surface area contributed by atoms with Crippen LogP contribution in [0.3, 0.4) is 0 Å². The first-order chi connectivity index (χ1) is 17.5. The summed E-state index contributed by atoms with van der Waals surface area (Å²) in [5.74, 6) is -0.358. The van der Waals surface area contributed by atoms with E-state index in [2.05, 4.69) is 95.6 Å². The van der Waals surface area contributed by atoms with Crippen LogP contribution in [0.1, 0.15) is 32.6 Å². The largest absolute Gasteiger partial charge is 0.369 e. The number of anilines is 1. The third-order valence-electron chi connectivity index (χ3n) is 7.60. The zero-order chi connectivity index (χ0) is 24.6. The highest BCUT2D eigenvalue weighted by Crippen LogP contribution is 2.42. The van der Waals surface area contributed by atoms with Gasteiger partial charge in [0.2, 0.25) is 5.91 Å². The summed E-state index contributed by atoms with van der Waals surface area (Å²) in [6, 6.07) is 30.1. The highest BCUT2D eigenvalue weighted by Gasteiger charge is 2.26. The Morgan fingerprint density at radius 3 is 2.36 bits per heavy atom. The maximum atomic E-state index is 12.4. The molecule has 4 aromatic carbocycles. The predicted molar refractivity (Wildman–Crippen MR) is 147 cm³/mol. The minimum atomic E-state index is -0.358. The fraction of sp³-hybridized carbons (Fsp3) is 0.219. The Hall–Kier alpha value is -3.89. The summed E-state index contributed by atoms with van der Waals surface area (Å²) in [4.78, 5) is 17.5. The summed E-state index contributed by atoms with van der Waals surface area (Å²) in [7, 11) is 0. The molecule has 1 aliphatic heterocycles. The molecule has 0 aromatic heterocycles. The average Bonchev–Trinajstić information content (AvgIpc) is 3.27. The van der Waals surface area contributed by atoms with Gasteiger partial charge in [0.25, 0.3) is 0 Å². The van der Waals surface area contributed by atoms with Crippen LogP contribution in [0.5, 0.6) is 0 Å². The van der Waals surface area contributed by atoms with Gasteiger partial charge < -0.3 is 10.6 Å². The van der Waals surface area contributed by atoms with Crippen molar-refractivity contribution in [2.45, 2.75) is 19.9 Å². The van der Waals surface area contributed by atoms with Gasteiger partial charge in [-0.05, 0) is 76.6 Å². The third kappa shape index (κ3) is 4.29. The van der Waals surface area contributed by atoms with Gasteiger partial charge in [0.1, 0.15) is 0 Å². The molecule has 0 radical (unpaired) electrons. The van der Waals surface area contributed by atoms with E-state index in [4.69, 9.17) is 5.73 Å². The van der Waals surface area contributed by atoms with Crippen LogP contribution >= 0.6 is 0 Å². The number of piperazine rings is 1. The molecule has 2 aliphatic rings. The maximum Gasteiger partial charge on any atom is 0.249 e. The van der Waals surface area contributed by atoms with Crippen molar-refractivity contribution >= 4 is 11.6 Å². The van der Waals surface area contributed by atoms with Crippen LogP contribution in [0.25, 0.3) is 22.3 Å². The fourth-order valence-electron chi connectivity index (χ4n) is 5.70. The Labute approximate surface area is 213 Å². The number of nitrogens with zero attached hydrogens (tertiary/aromatic N) is 2. The van der Waals surface area contributed by atoms with Crippen LogP contribution in [0.4, 0.5) is 5.69 Å². The number of primary amides is 1. The number of nitrogens with two attached hydrogens (primary N) is 1. The Bertz CT molecular complexity index is 1440. The Kier molecular flexibility index (Phi) is 5.82. The lowest BCUT2D eigenvalue weighted by atomic mass is 9.93. The lowest BCUT2D eigenvalue weighted by Crippen LogP contribution is -2.46. The van der Waals surface area contributed by atoms with E-state index in [0.717, 1.165) is 61.4 Å². The van der Waals surface area contributed by atoms with Crippen molar-refractivity contribution in [3.63, 3.8) is 0 Å². The summed E-state index contributed by atoms with van der Waals surface area (Å²) >= 11 is 0. The van der Waals surface area contributed by atoms with Crippen molar-refractivity contribution < 1.29 is 4.79 Å². The quantitative estimate of drug-likeness (QED) is 0.359. The van der Waals surface area contributed by atoms with E-state index >= 15 is 0 Å². The van der Waals surface area contributed by atoms with Crippen LogP contribution in [0.2, 0.25) is 0 Å². The molecule has 1 aliphatic carbocycles. The number of aryl methyl sites for hydroxylation is 1. The molecule has 4 aromatic rings. The molecule has 4 nitrogen and oxygen atoms in total. The molecule has 2 N–H and O–H groups in total. The SMILES string of the molecule is Cc1cccc(-c2cc(C(N)=O)c3c(c2)-c2ccc(N4CCN(Cc5ccccc5)CC4)cc2C3)c1. The highest BCUT2D eigenvalue weighted by molar-refractivity contribution is 6.00. The van der Waals surface area contributed by atoms with E-state index in [1.54, 1.807) is 0 Å². The van der Waals surface area contributed by atoms with Gasteiger partial charge in [0.15, 0.2) is 0 Å². The molecule has 0 spiro atoms. The van der Waals surface area contributed by atoms with Gasteiger partial charge in [-0.25, -0.2) is 0 Å². The van der Waals surface area contributed by atoms with E-state index in [9.17, 15) is 4.79 Å². The van der Waals surface area contributed by atoms with Crippen molar-refractivity contribution in [3.05, 3.63) is 113 Å². The van der Waals surface area contributed by atoms with Crippen LogP contribution in [-0.2, 0) is 13.0 Å². The Morgan fingerprint density at radius 1 is 0.806 bits per heavy atom. The van der Waals surface area contributed by atoms with E-state index in [0.29, 0.717) is 5.56 Å². The van der Waals surface area contributed by atoms with Crippen LogP contribution in [0.15, 0.2) is 84.9 Å². The Balaban J connectivity index is 1.25. The monoisotopic (exact) mass is 473 g/mol. The van der Waals surface area contributed by atoms with Crippen molar-refractivity contribution in [3.8, 4) is 22.3 Å². The summed E-state index contributed by atoms with van der Waals surface area (Å²) in [6.07, 6.45) is 0.749. The minimum absolute atomic E-state index is 0.358. The van der Waals surface area contributed by atoms with Gasteiger partial charge in [-0.3, -0.25) is 9.69 Å². The second-order valence-electron chi connectivity index (χ2n) is 10.1. The first-order valence-corrected chi connectivity index (χ1v) is 12.7. The standard InChI is InChI=1S/C32H31N3O/c1-22-6-5-9-24(16-22)25-18-29-28-11-10-27(17-26(28)20-30(29)31(19-25)32(33)36)35-14-12-34(13-15-35)21-23-7-3-2-4-8-23/h2-11,16-19H,12-15,20-21H2,1H3,(H2,33,36). The maximum absolute atomic E-state index is 12.4. The van der Waals surface area contributed by atoms with Crippen LogP contribution in [-0.4, -0.2) is 37.0 Å². The molecule has 0 saturated carbocycles. The number of fused-ring (bicyclic) bond motifs is 3. The average molecular weight is 474 g/mol. The van der Waals surface area contributed by atoms with E-state index in [-0.39, 0.29) is 5.91 Å². The molecule has 1 amide bonds. The van der Waals surface area contributed by atoms with Gasteiger partial charge in [-0.15, -0.1) is 0 Å². The summed E-state index contributed by atoms with van der Waals surface area (Å²) in [5.41, 5.74) is 17.2. The molecule has 1 fully saturated rings. The van der Waals surface area contributed by atoms with E-state index < -0.39 is 0 Å². The third-order valence-corrected chi connectivity index (χ3v) is 7.60. The van der Waals surface area contributed by atoms with Gasteiger partial charge in [0, 0.05) is 44.0 Å². The molecule has 4 heteroatoms. The van der Waals surface area contributed by atoms with Gasteiger partial charge in [0.05, 0.1) is 0 Å². The molecule has 180 valence electrons. The number of benzene rings is 4. The van der Waals surface area contributed by atoms with Gasteiger partial charge >= 0.3 is 0 Å². The summed E-state index contributed by atoms with van der Waals surface area (Å²) in [5, 5.41) is 0. The predicted octanol–water partition coefficient (Wildman–Crippen LogP) is 5.65. The van der Waals surface area contributed by atoms with Gasteiger partial charge in [-0.2, -0.15) is 0 Å². The van der Waals surface area contributed by atoms with Crippen molar-refractivity contribution in [1.82, 2.24) is 4.90 Å². The first-order valence-electron chi connectivity index (χ1n) is 12.7. The lowest BCUT2D eigenvalue weighted by Gasteiger charge is -2.36. The molecule has 1 heterocycles. The van der Waals surface area contributed by atoms with Gasteiger partial charge in [-0.1, -0.05) is 66.2 Å². The number of carbonyl (C=O) groups is 1. The molecule has 1 saturated heterocycles. The normalized spacial score (nSPS) is 15.0. The molecule has 6 rings (SSSR count). The van der Waals surface area contributed by atoms with E-state index in [1.165, 1.54) is 27.9 Å². The lowest BCUT2D eigenvalue weighted by molar-refractivity contribution is 0.0999. The topological polar surface area (TPSA) is 49.6 Å². The molecule has 0 atom stereocenters. The smallest absolute Gasteiger partial charge is 0.249 e. The molecular formula is C32H31N3O. The Morgan fingerprint density at radius 2 is 1.61 bits per heavy atom. The minimum Gasteiger partial charge on any atom is -0.369 e. The van der Waals surface area contributed by atoms with Crippen molar-refractivity contribution in [1.29, 1.82) is 0 Å².